The molecule has 0 saturated carbocycles. The predicted octanol–water partition coefficient (Wildman–Crippen LogP) is 2.26. The third-order valence-electron chi connectivity index (χ3n) is 1.79. The Labute approximate surface area is 80.6 Å². The molecule has 0 amide bonds. The van der Waals surface area contributed by atoms with Gasteiger partial charge in [0.15, 0.2) is 0 Å². The molecule has 0 bridgehead atoms. The summed E-state index contributed by atoms with van der Waals surface area (Å²) >= 11 is 0. The first-order valence-corrected chi connectivity index (χ1v) is 5.93. The molecule has 0 atom stereocenters. The summed E-state index contributed by atoms with van der Waals surface area (Å²) in [4.78, 5) is 0.0214. The molecule has 0 fully saturated rings. The second-order valence-electron chi connectivity index (χ2n) is 3.45. The summed E-state index contributed by atoms with van der Waals surface area (Å²) in [5.41, 5.74) is 0. The molecular weight excluding hydrogens is 188 g/mol. The summed E-state index contributed by atoms with van der Waals surface area (Å²) in [7, 11) is -4.20. The maximum absolute atomic E-state index is 10.6. The maximum Gasteiger partial charge on any atom is 0.120 e. The lowest BCUT2D eigenvalue weighted by Gasteiger charge is -2.10. The van der Waals surface area contributed by atoms with Crippen LogP contribution in [-0.2, 0) is 10.1 Å². The Morgan fingerprint density at radius 3 is 2.31 bits per heavy atom. The van der Waals surface area contributed by atoms with E-state index in [0.717, 1.165) is 6.42 Å². The van der Waals surface area contributed by atoms with Crippen molar-refractivity contribution in [2.24, 2.45) is 5.92 Å². The van der Waals surface area contributed by atoms with Crippen LogP contribution < -0.4 is 0 Å². The molecule has 13 heavy (non-hydrogen) atoms. The van der Waals surface area contributed by atoms with Gasteiger partial charge in [-0.05, 0) is 25.2 Å². The van der Waals surface area contributed by atoms with Crippen molar-refractivity contribution in [2.45, 2.75) is 40.0 Å². The van der Waals surface area contributed by atoms with Crippen LogP contribution in [0.15, 0.2) is 11.0 Å². The molecule has 0 aromatic carbocycles. The average Bonchev–Trinajstić information content (AvgIpc) is 1.95. The van der Waals surface area contributed by atoms with E-state index >= 15 is 0 Å². The minimum absolute atomic E-state index is 0.0214. The number of hydrogen-bond acceptors (Lipinski definition) is 3. The van der Waals surface area contributed by atoms with Crippen molar-refractivity contribution in [1.82, 2.24) is 0 Å². The highest BCUT2D eigenvalue weighted by atomic mass is 32.2. The Kier molecular flexibility index (Phi) is 5.25. The number of allylic oxidation sites excluding steroid dienone is 2. The molecule has 0 aromatic heterocycles. The molecule has 4 heteroatoms. The quantitative estimate of drug-likeness (QED) is 0.647. The highest BCUT2D eigenvalue weighted by molar-refractivity contribution is 7.89. The standard InChI is InChI=1S/C9H18O3S/c1-4-9(13(10,11)12)7-5-6-8(2)3/h7-8H,4-6H2,1-3H3,(H,10,11,12)/p-1/b9-7-. The van der Waals surface area contributed by atoms with Crippen molar-refractivity contribution < 1.29 is 13.0 Å². The molecule has 0 unspecified atom stereocenters. The Morgan fingerprint density at radius 2 is 2.00 bits per heavy atom. The highest BCUT2D eigenvalue weighted by Crippen LogP contribution is 2.12. The van der Waals surface area contributed by atoms with E-state index in [4.69, 9.17) is 0 Å². The molecule has 0 radical (unpaired) electrons. The summed E-state index contributed by atoms with van der Waals surface area (Å²) in [6, 6.07) is 0. The lowest BCUT2D eigenvalue weighted by atomic mass is 10.1. The Hall–Kier alpha value is -0.350. The highest BCUT2D eigenvalue weighted by Gasteiger charge is 2.02. The molecule has 3 nitrogen and oxygen atoms in total. The molecule has 0 aromatic rings. The van der Waals surface area contributed by atoms with Gasteiger partial charge in [0.1, 0.15) is 10.1 Å². The van der Waals surface area contributed by atoms with Crippen LogP contribution in [0.3, 0.4) is 0 Å². The van der Waals surface area contributed by atoms with Gasteiger partial charge in [0, 0.05) is 4.91 Å². The second kappa shape index (κ2) is 5.40. The SMILES string of the molecule is CC/C(=C/CCC(C)C)S(=O)(=O)[O-]. The van der Waals surface area contributed by atoms with E-state index in [2.05, 4.69) is 13.8 Å². The van der Waals surface area contributed by atoms with Crippen LogP contribution >= 0.6 is 0 Å². The summed E-state index contributed by atoms with van der Waals surface area (Å²) < 4.78 is 31.8. The summed E-state index contributed by atoms with van der Waals surface area (Å²) in [5, 5.41) is 0. The van der Waals surface area contributed by atoms with Crippen molar-refractivity contribution in [2.75, 3.05) is 0 Å². The zero-order chi connectivity index (χ0) is 10.5. The molecule has 0 spiro atoms. The first kappa shape index (κ1) is 12.7. The monoisotopic (exact) mass is 205 g/mol. The zero-order valence-electron chi connectivity index (χ0n) is 8.41. The second-order valence-corrected chi connectivity index (χ2v) is 4.88. The van der Waals surface area contributed by atoms with Crippen molar-refractivity contribution in [3.8, 4) is 0 Å². The smallest absolute Gasteiger partial charge is 0.120 e. The molecule has 0 rings (SSSR count). The van der Waals surface area contributed by atoms with Gasteiger partial charge in [-0.1, -0.05) is 26.8 Å². The van der Waals surface area contributed by atoms with Gasteiger partial charge in [-0.25, -0.2) is 8.42 Å². The third kappa shape index (κ3) is 5.82. The van der Waals surface area contributed by atoms with Gasteiger partial charge >= 0.3 is 0 Å². The number of rotatable bonds is 5. The van der Waals surface area contributed by atoms with Crippen molar-refractivity contribution >= 4 is 10.1 Å². The minimum atomic E-state index is -4.20. The lowest BCUT2D eigenvalue weighted by Crippen LogP contribution is -2.01. The molecule has 0 saturated heterocycles. The molecule has 0 aliphatic heterocycles. The van der Waals surface area contributed by atoms with E-state index in [1.54, 1.807) is 13.0 Å². The average molecular weight is 205 g/mol. The predicted molar refractivity (Wildman–Crippen MR) is 52.1 cm³/mol. The maximum atomic E-state index is 10.6. The normalized spacial score (nSPS) is 13.8. The van der Waals surface area contributed by atoms with Gasteiger partial charge in [0.2, 0.25) is 0 Å². The van der Waals surface area contributed by atoms with E-state index in [1.807, 2.05) is 0 Å². The Balaban J connectivity index is 4.26. The van der Waals surface area contributed by atoms with E-state index in [-0.39, 0.29) is 4.91 Å². The van der Waals surface area contributed by atoms with E-state index in [0.29, 0.717) is 18.8 Å². The summed E-state index contributed by atoms with van der Waals surface area (Å²) in [5.74, 6) is 0.531. The summed E-state index contributed by atoms with van der Waals surface area (Å²) in [6.45, 7) is 5.80. The third-order valence-corrected chi connectivity index (χ3v) is 2.88. The molecule has 0 aliphatic rings. The fourth-order valence-electron chi connectivity index (χ4n) is 1.00. The van der Waals surface area contributed by atoms with E-state index in [1.165, 1.54) is 0 Å². The molecule has 0 aliphatic carbocycles. The Morgan fingerprint density at radius 1 is 1.46 bits per heavy atom. The van der Waals surface area contributed by atoms with Crippen LogP contribution in [0.4, 0.5) is 0 Å². The largest absolute Gasteiger partial charge is 0.744 e. The lowest BCUT2D eigenvalue weighted by molar-refractivity contribution is 0.469. The van der Waals surface area contributed by atoms with Gasteiger partial charge in [-0.15, -0.1) is 0 Å². The van der Waals surface area contributed by atoms with Crippen LogP contribution in [0, 0.1) is 5.92 Å². The van der Waals surface area contributed by atoms with Gasteiger partial charge in [-0.3, -0.25) is 0 Å². The fourth-order valence-corrected chi connectivity index (χ4v) is 1.68. The minimum Gasteiger partial charge on any atom is -0.744 e. The first-order chi connectivity index (χ1) is 5.88. The van der Waals surface area contributed by atoms with Crippen LogP contribution in [0.2, 0.25) is 0 Å². The fraction of sp³-hybridized carbons (Fsp3) is 0.778. The Bertz CT molecular complexity index is 263. The van der Waals surface area contributed by atoms with E-state index in [9.17, 15) is 13.0 Å². The van der Waals surface area contributed by atoms with Gasteiger partial charge < -0.3 is 4.55 Å². The van der Waals surface area contributed by atoms with Gasteiger partial charge in [-0.2, -0.15) is 0 Å². The molecule has 0 N–H and O–H groups in total. The van der Waals surface area contributed by atoms with Crippen LogP contribution in [0.5, 0.6) is 0 Å². The first-order valence-electron chi connectivity index (χ1n) is 4.52. The summed E-state index contributed by atoms with van der Waals surface area (Å²) in [6.07, 6.45) is 3.42. The van der Waals surface area contributed by atoms with Crippen LogP contribution in [0.25, 0.3) is 0 Å². The van der Waals surface area contributed by atoms with E-state index < -0.39 is 10.1 Å². The zero-order valence-corrected chi connectivity index (χ0v) is 9.23. The van der Waals surface area contributed by atoms with Crippen molar-refractivity contribution in [3.63, 3.8) is 0 Å². The number of hydrogen-bond donors (Lipinski definition) is 0. The van der Waals surface area contributed by atoms with Crippen molar-refractivity contribution in [3.05, 3.63) is 11.0 Å². The van der Waals surface area contributed by atoms with Gasteiger partial charge in [0.05, 0.1) is 0 Å². The van der Waals surface area contributed by atoms with Crippen LogP contribution in [-0.4, -0.2) is 13.0 Å². The topological polar surface area (TPSA) is 57.2 Å². The molecule has 78 valence electrons. The molecule has 0 heterocycles. The van der Waals surface area contributed by atoms with Crippen LogP contribution in [0.1, 0.15) is 40.0 Å². The van der Waals surface area contributed by atoms with Gasteiger partial charge in [0.25, 0.3) is 0 Å². The molecular formula is C9H17O3S-. The van der Waals surface area contributed by atoms with Crippen molar-refractivity contribution in [1.29, 1.82) is 0 Å².